The molecule has 0 aliphatic heterocycles. The van der Waals surface area contributed by atoms with E-state index in [1.807, 2.05) is 0 Å². The summed E-state index contributed by atoms with van der Waals surface area (Å²) < 4.78 is 11.6. The molecule has 3 rings (SSSR count). The maximum atomic E-state index is 12.7. The molecule has 0 N–H and O–H groups in total. The van der Waals surface area contributed by atoms with Gasteiger partial charge in [0, 0.05) is 17.7 Å². The van der Waals surface area contributed by atoms with E-state index in [0.29, 0.717) is 10.2 Å². The highest BCUT2D eigenvalue weighted by atomic mass is 32.1. The summed E-state index contributed by atoms with van der Waals surface area (Å²) in [4.78, 5) is 51.1. The molecule has 10 nitrogen and oxygen atoms in total. The van der Waals surface area contributed by atoms with Gasteiger partial charge in [-0.25, -0.2) is 4.79 Å². The maximum absolute atomic E-state index is 12.7. The van der Waals surface area contributed by atoms with Crippen molar-refractivity contribution in [2.45, 2.75) is 13.5 Å². The van der Waals surface area contributed by atoms with Crippen molar-refractivity contribution in [3.05, 3.63) is 68.5 Å². The summed E-state index contributed by atoms with van der Waals surface area (Å²) >= 11 is 1.04. The number of aromatic nitrogens is 1. The summed E-state index contributed by atoms with van der Waals surface area (Å²) in [5.74, 6) is -1.67. The number of amides is 1. The van der Waals surface area contributed by atoms with Gasteiger partial charge >= 0.3 is 11.9 Å². The van der Waals surface area contributed by atoms with Crippen molar-refractivity contribution in [1.82, 2.24) is 4.57 Å². The summed E-state index contributed by atoms with van der Waals surface area (Å²) in [7, 11) is 1.25. The van der Waals surface area contributed by atoms with Crippen LogP contribution in [0, 0.1) is 10.1 Å². The average molecular weight is 443 g/mol. The van der Waals surface area contributed by atoms with Crippen molar-refractivity contribution in [2.24, 2.45) is 4.99 Å². The Balaban J connectivity index is 2.06. The quantitative estimate of drug-likeness (QED) is 0.325. The molecule has 0 saturated carbocycles. The summed E-state index contributed by atoms with van der Waals surface area (Å²) in [6.45, 7) is 1.65. The van der Waals surface area contributed by atoms with Crippen LogP contribution in [-0.4, -0.2) is 41.1 Å². The van der Waals surface area contributed by atoms with Crippen LogP contribution in [0.15, 0.2) is 47.5 Å². The number of non-ortho nitro benzene ring substituents is 1. The van der Waals surface area contributed by atoms with Crippen molar-refractivity contribution in [1.29, 1.82) is 0 Å². The van der Waals surface area contributed by atoms with Crippen molar-refractivity contribution < 1.29 is 28.8 Å². The molecular weight excluding hydrogens is 426 g/mol. The molecule has 0 spiro atoms. The number of rotatable bonds is 6. The van der Waals surface area contributed by atoms with Gasteiger partial charge in [-0.1, -0.05) is 11.3 Å². The number of nitro groups is 1. The van der Waals surface area contributed by atoms with E-state index in [2.05, 4.69) is 9.73 Å². The highest BCUT2D eigenvalue weighted by molar-refractivity contribution is 7.16. The number of fused-ring (bicyclic) bond motifs is 1. The largest absolute Gasteiger partial charge is 0.465 e. The predicted molar refractivity (Wildman–Crippen MR) is 111 cm³/mol. The molecule has 0 saturated heterocycles. The van der Waals surface area contributed by atoms with Gasteiger partial charge in [-0.3, -0.25) is 19.7 Å². The number of nitrogens with zero attached hydrogens (tertiary/aromatic N) is 3. The highest BCUT2D eigenvalue weighted by Crippen LogP contribution is 2.23. The van der Waals surface area contributed by atoms with E-state index in [9.17, 15) is 24.5 Å². The van der Waals surface area contributed by atoms with Gasteiger partial charge in [0.1, 0.15) is 6.54 Å². The first-order chi connectivity index (χ1) is 14.8. The molecule has 2 aromatic carbocycles. The van der Waals surface area contributed by atoms with Gasteiger partial charge in [-0.2, -0.15) is 4.99 Å². The number of carbonyl (C=O) groups is 3. The Hall–Kier alpha value is -3.86. The zero-order valence-corrected chi connectivity index (χ0v) is 17.4. The monoisotopic (exact) mass is 443 g/mol. The van der Waals surface area contributed by atoms with Crippen LogP contribution in [0.5, 0.6) is 0 Å². The van der Waals surface area contributed by atoms with Gasteiger partial charge < -0.3 is 14.0 Å². The average Bonchev–Trinajstić information content (AvgIpc) is 3.09. The minimum atomic E-state index is -0.602. The fourth-order valence-electron chi connectivity index (χ4n) is 2.77. The molecule has 0 atom stereocenters. The van der Waals surface area contributed by atoms with Crippen LogP contribution in [0.4, 0.5) is 5.69 Å². The third kappa shape index (κ3) is 4.83. The second-order valence-electron chi connectivity index (χ2n) is 6.17. The summed E-state index contributed by atoms with van der Waals surface area (Å²) in [5, 5.41) is 11.1. The highest BCUT2D eigenvalue weighted by Gasteiger charge is 2.16. The van der Waals surface area contributed by atoms with Crippen LogP contribution in [0.2, 0.25) is 0 Å². The first kappa shape index (κ1) is 21.8. The number of nitro benzene ring substituents is 1. The van der Waals surface area contributed by atoms with Crippen molar-refractivity contribution >= 4 is 45.1 Å². The molecule has 11 heteroatoms. The predicted octanol–water partition coefficient (Wildman–Crippen LogP) is 2.70. The topological polar surface area (TPSA) is 130 Å². The third-order valence-electron chi connectivity index (χ3n) is 4.22. The van der Waals surface area contributed by atoms with Gasteiger partial charge in [0.25, 0.3) is 11.6 Å². The first-order valence-corrected chi connectivity index (χ1v) is 9.86. The summed E-state index contributed by atoms with van der Waals surface area (Å²) in [6.07, 6.45) is 0. The standard InChI is InChI=1S/C20H17N3O7S/c1-3-30-17(24)11-22-15-9-8-14(23(27)28)10-16(15)31-20(22)21-18(25)12-4-6-13(7-5-12)19(26)29-2/h4-10H,3,11H2,1-2H3. The van der Waals surface area contributed by atoms with E-state index >= 15 is 0 Å². The second-order valence-corrected chi connectivity index (χ2v) is 7.18. The second kappa shape index (κ2) is 9.30. The van der Waals surface area contributed by atoms with E-state index in [4.69, 9.17) is 4.74 Å². The molecule has 0 fully saturated rings. The molecule has 31 heavy (non-hydrogen) atoms. The lowest BCUT2D eigenvalue weighted by atomic mass is 10.1. The maximum Gasteiger partial charge on any atom is 0.337 e. The van der Waals surface area contributed by atoms with Gasteiger partial charge in [0.05, 0.1) is 34.4 Å². The van der Waals surface area contributed by atoms with Gasteiger partial charge in [-0.05, 0) is 37.3 Å². The summed E-state index contributed by atoms with van der Waals surface area (Å²) in [5.41, 5.74) is 0.897. The Labute approximate surface area is 179 Å². The fraction of sp³-hybridized carbons (Fsp3) is 0.200. The van der Waals surface area contributed by atoms with Crippen LogP contribution >= 0.6 is 11.3 Å². The Morgan fingerprint density at radius 3 is 2.42 bits per heavy atom. The minimum Gasteiger partial charge on any atom is -0.465 e. The first-order valence-electron chi connectivity index (χ1n) is 9.05. The van der Waals surface area contributed by atoms with Gasteiger partial charge in [0.15, 0.2) is 4.80 Å². The Kier molecular flexibility index (Phi) is 6.55. The van der Waals surface area contributed by atoms with E-state index in [-0.39, 0.29) is 34.8 Å². The SMILES string of the molecule is CCOC(=O)Cn1c(=NC(=O)c2ccc(C(=O)OC)cc2)sc2cc([N+](=O)[O-])ccc21. The molecule has 0 bridgehead atoms. The molecule has 0 radical (unpaired) electrons. The summed E-state index contributed by atoms with van der Waals surface area (Å²) in [6, 6.07) is 9.92. The molecule has 0 aliphatic rings. The van der Waals surface area contributed by atoms with E-state index in [1.165, 1.54) is 54.1 Å². The molecular formula is C20H17N3O7S. The number of ether oxygens (including phenoxy) is 2. The Bertz CT molecular complexity index is 1240. The number of thiazole rings is 1. The van der Waals surface area contributed by atoms with Crippen LogP contribution in [-0.2, 0) is 20.8 Å². The lowest BCUT2D eigenvalue weighted by molar-refractivity contribution is -0.384. The number of carbonyl (C=O) groups excluding carboxylic acids is 3. The lowest BCUT2D eigenvalue weighted by Crippen LogP contribution is -2.23. The normalized spacial score (nSPS) is 11.4. The van der Waals surface area contributed by atoms with Crippen LogP contribution < -0.4 is 4.80 Å². The molecule has 3 aromatic rings. The van der Waals surface area contributed by atoms with Crippen molar-refractivity contribution in [2.75, 3.05) is 13.7 Å². The van der Waals surface area contributed by atoms with E-state index in [1.54, 1.807) is 6.92 Å². The zero-order valence-electron chi connectivity index (χ0n) is 16.6. The Morgan fingerprint density at radius 2 is 1.81 bits per heavy atom. The third-order valence-corrected chi connectivity index (χ3v) is 5.26. The number of benzene rings is 2. The number of esters is 2. The van der Waals surface area contributed by atoms with E-state index < -0.39 is 22.8 Å². The minimum absolute atomic E-state index is 0.117. The molecule has 1 heterocycles. The number of hydrogen-bond acceptors (Lipinski definition) is 8. The number of methoxy groups -OCH3 is 1. The van der Waals surface area contributed by atoms with Crippen LogP contribution in [0.1, 0.15) is 27.6 Å². The van der Waals surface area contributed by atoms with Crippen molar-refractivity contribution in [3.8, 4) is 0 Å². The Morgan fingerprint density at radius 1 is 1.13 bits per heavy atom. The van der Waals surface area contributed by atoms with Crippen LogP contribution in [0.25, 0.3) is 10.2 Å². The molecule has 1 amide bonds. The molecule has 160 valence electrons. The van der Waals surface area contributed by atoms with Crippen molar-refractivity contribution in [3.63, 3.8) is 0 Å². The smallest absolute Gasteiger partial charge is 0.337 e. The number of hydrogen-bond donors (Lipinski definition) is 0. The molecule has 0 unspecified atom stereocenters. The molecule has 0 aliphatic carbocycles. The van der Waals surface area contributed by atoms with Gasteiger partial charge in [-0.15, -0.1) is 0 Å². The fourth-order valence-corrected chi connectivity index (χ4v) is 3.83. The van der Waals surface area contributed by atoms with E-state index in [0.717, 1.165) is 11.3 Å². The van der Waals surface area contributed by atoms with Gasteiger partial charge in [0.2, 0.25) is 0 Å². The molecule has 1 aromatic heterocycles. The zero-order chi connectivity index (χ0) is 22.5. The lowest BCUT2D eigenvalue weighted by Gasteiger charge is -2.05. The van der Waals surface area contributed by atoms with Crippen LogP contribution in [0.3, 0.4) is 0 Å².